The van der Waals surface area contributed by atoms with Crippen molar-refractivity contribution in [2.45, 2.75) is 6.42 Å². The maximum absolute atomic E-state index is 11.0. The van der Waals surface area contributed by atoms with Crippen LogP contribution in [0.1, 0.15) is 5.56 Å². The quantitative estimate of drug-likeness (QED) is 0.696. The van der Waals surface area contributed by atoms with Crippen LogP contribution in [-0.2, 0) is 11.2 Å². The first-order valence-electron chi connectivity index (χ1n) is 4.19. The Hall–Kier alpha value is -0.860. The van der Waals surface area contributed by atoms with Gasteiger partial charge in [0, 0.05) is 22.2 Å². The lowest BCUT2D eigenvalue weighted by Crippen LogP contribution is -2.22. The van der Waals surface area contributed by atoms with Crippen LogP contribution < -0.4 is 10.6 Å². The molecule has 0 aromatic heterocycles. The summed E-state index contributed by atoms with van der Waals surface area (Å²) < 4.78 is 0. The Morgan fingerprint density at radius 1 is 1.36 bits per heavy atom. The van der Waals surface area contributed by atoms with E-state index in [1.165, 1.54) is 6.08 Å². The van der Waals surface area contributed by atoms with Crippen molar-refractivity contribution in [3.63, 3.8) is 0 Å². The van der Waals surface area contributed by atoms with Crippen molar-refractivity contribution in [2.75, 3.05) is 5.88 Å². The predicted octanol–water partition coefficient (Wildman–Crippen LogP) is 1.06. The molecule has 1 amide bonds. The summed E-state index contributed by atoms with van der Waals surface area (Å²) in [6.07, 6.45) is 2.21. The van der Waals surface area contributed by atoms with Crippen LogP contribution >= 0.6 is 23.2 Å². The van der Waals surface area contributed by atoms with Gasteiger partial charge in [0.2, 0.25) is 0 Å². The molecule has 4 heteroatoms. The average molecular weight is 228 g/mol. The number of aryl methyl sites for hydroxylation is 1. The molecule has 0 fully saturated rings. The molecule has 0 aliphatic carbocycles. The molecular weight excluding hydrogens is 221 g/mol. The SMILES string of the molecule is O=C1C=c2cc(CCCl)c(Cl)cc2=N1. The summed E-state index contributed by atoms with van der Waals surface area (Å²) in [4.78, 5) is 14.8. The number of carbonyl (C=O) groups is 1. The second-order valence-electron chi connectivity index (χ2n) is 3.04. The van der Waals surface area contributed by atoms with Gasteiger partial charge in [0.15, 0.2) is 0 Å². The molecule has 0 unspecified atom stereocenters. The molecule has 2 rings (SSSR count). The number of carbonyl (C=O) groups excluding carboxylic acids is 1. The van der Waals surface area contributed by atoms with Gasteiger partial charge in [0.1, 0.15) is 0 Å². The molecular formula is C10H7Cl2NO. The van der Waals surface area contributed by atoms with E-state index >= 15 is 0 Å². The number of halogens is 2. The summed E-state index contributed by atoms with van der Waals surface area (Å²) in [7, 11) is 0. The van der Waals surface area contributed by atoms with Gasteiger partial charge in [-0.1, -0.05) is 11.6 Å². The zero-order valence-corrected chi connectivity index (χ0v) is 8.77. The number of amides is 1. The molecule has 1 aliphatic rings. The van der Waals surface area contributed by atoms with Gasteiger partial charge in [-0.25, -0.2) is 4.99 Å². The number of hydrogen-bond donors (Lipinski definition) is 0. The maximum atomic E-state index is 11.0. The minimum absolute atomic E-state index is 0.223. The van der Waals surface area contributed by atoms with Crippen molar-refractivity contribution in [1.29, 1.82) is 0 Å². The van der Waals surface area contributed by atoms with Crippen LogP contribution in [-0.4, -0.2) is 11.8 Å². The van der Waals surface area contributed by atoms with Gasteiger partial charge >= 0.3 is 0 Å². The third-order valence-corrected chi connectivity index (χ3v) is 2.61. The summed E-state index contributed by atoms with van der Waals surface area (Å²) >= 11 is 11.6. The van der Waals surface area contributed by atoms with Crippen LogP contribution in [0.2, 0.25) is 5.02 Å². The fourth-order valence-corrected chi connectivity index (χ4v) is 1.87. The van der Waals surface area contributed by atoms with Crippen LogP contribution in [0.15, 0.2) is 17.1 Å². The van der Waals surface area contributed by atoms with Crippen LogP contribution in [0.25, 0.3) is 6.08 Å². The molecule has 0 saturated heterocycles. The molecule has 2 nitrogen and oxygen atoms in total. The molecule has 0 radical (unpaired) electrons. The monoisotopic (exact) mass is 227 g/mol. The third kappa shape index (κ3) is 1.68. The van der Waals surface area contributed by atoms with Crippen LogP contribution in [0.5, 0.6) is 0 Å². The standard InChI is InChI=1S/C10H7Cl2NO/c11-2-1-6-3-7-4-10(14)13-9(7)5-8(6)12/h3-5H,1-2H2. The summed E-state index contributed by atoms with van der Waals surface area (Å²) in [6, 6.07) is 3.58. The van der Waals surface area contributed by atoms with Crippen molar-refractivity contribution >= 4 is 35.2 Å². The molecule has 1 heterocycles. The number of fused-ring (bicyclic) bond motifs is 1. The molecule has 0 saturated carbocycles. The van der Waals surface area contributed by atoms with Crippen LogP contribution in [0.3, 0.4) is 0 Å². The first-order valence-corrected chi connectivity index (χ1v) is 5.11. The molecule has 1 aromatic rings. The topological polar surface area (TPSA) is 29.4 Å². The second-order valence-corrected chi connectivity index (χ2v) is 3.82. The number of nitrogens with zero attached hydrogens (tertiary/aromatic N) is 1. The smallest absolute Gasteiger partial charge is 0.267 e. The van der Waals surface area contributed by atoms with Gasteiger partial charge in [-0.3, -0.25) is 4.79 Å². The van der Waals surface area contributed by atoms with E-state index < -0.39 is 0 Å². The number of benzene rings is 1. The van der Waals surface area contributed by atoms with Gasteiger partial charge in [-0.05, 0) is 24.1 Å². The maximum Gasteiger partial charge on any atom is 0.270 e. The minimum atomic E-state index is -0.223. The molecule has 0 atom stereocenters. The van der Waals surface area contributed by atoms with Crippen molar-refractivity contribution in [2.24, 2.45) is 4.99 Å². The molecule has 1 aliphatic heterocycles. The Balaban J connectivity index is 2.62. The van der Waals surface area contributed by atoms with Gasteiger partial charge in [-0.15, -0.1) is 11.6 Å². The summed E-state index contributed by atoms with van der Waals surface area (Å²) in [5.41, 5.74) is 0.960. The first-order chi connectivity index (χ1) is 6.70. The molecule has 0 N–H and O–H groups in total. The van der Waals surface area contributed by atoms with Gasteiger partial charge in [0.25, 0.3) is 5.91 Å². The molecule has 1 aromatic carbocycles. The largest absolute Gasteiger partial charge is 0.270 e. The number of alkyl halides is 1. The molecule has 72 valence electrons. The Morgan fingerprint density at radius 2 is 2.14 bits per heavy atom. The minimum Gasteiger partial charge on any atom is -0.267 e. The van der Waals surface area contributed by atoms with Gasteiger partial charge in [-0.2, -0.15) is 0 Å². The van der Waals surface area contributed by atoms with E-state index in [4.69, 9.17) is 23.2 Å². The van der Waals surface area contributed by atoms with E-state index in [1.54, 1.807) is 6.07 Å². The van der Waals surface area contributed by atoms with E-state index in [0.717, 1.165) is 10.8 Å². The van der Waals surface area contributed by atoms with E-state index in [2.05, 4.69) is 4.99 Å². The van der Waals surface area contributed by atoms with Gasteiger partial charge < -0.3 is 0 Å². The lowest BCUT2D eigenvalue weighted by atomic mass is 10.1. The Kier molecular flexibility index (Phi) is 2.57. The van der Waals surface area contributed by atoms with Crippen LogP contribution in [0, 0.1) is 0 Å². The normalized spacial score (nSPS) is 13.4. The highest BCUT2D eigenvalue weighted by atomic mass is 35.5. The lowest BCUT2D eigenvalue weighted by molar-refractivity contribution is -0.112. The summed E-state index contributed by atoms with van der Waals surface area (Å²) in [6.45, 7) is 0. The first kappa shape index (κ1) is 9.69. The average Bonchev–Trinajstić information content (AvgIpc) is 2.45. The fourth-order valence-electron chi connectivity index (χ4n) is 1.42. The molecule has 0 bridgehead atoms. The van der Waals surface area contributed by atoms with Crippen molar-refractivity contribution in [3.05, 3.63) is 33.3 Å². The summed E-state index contributed by atoms with van der Waals surface area (Å²) in [5, 5.41) is 2.11. The number of hydrogen-bond acceptors (Lipinski definition) is 1. The van der Waals surface area contributed by atoms with Crippen molar-refractivity contribution in [1.82, 2.24) is 0 Å². The predicted molar refractivity (Wildman–Crippen MR) is 56.1 cm³/mol. The molecule has 14 heavy (non-hydrogen) atoms. The zero-order chi connectivity index (χ0) is 10.1. The second kappa shape index (κ2) is 3.71. The Bertz CT molecular complexity index is 508. The van der Waals surface area contributed by atoms with E-state index in [9.17, 15) is 4.79 Å². The highest BCUT2D eigenvalue weighted by Gasteiger charge is 2.07. The van der Waals surface area contributed by atoms with Crippen molar-refractivity contribution in [3.8, 4) is 0 Å². The summed E-state index contributed by atoms with van der Waals surface area (Å²) in [5.74, 6) is 0.294. The molecule has 0 spiro atoms. The fraction of sp³-hybridized carbons (Fsp3) is 0.200. The van der Waals surface area contributed by atoms with E-state index in [0.29, 0.717) is 22.7 Å². The zero-order valence-electron chi connectivity index (χ0n) is 7.26. The third-order valence-electron chi connectivity index (χ3n) is 2.07. The van der Waals surface area contributed by atoms with E-state index in [-0.39, 0.29) is 5.91 Å². The lowest BCUT2D eigenvalue weighted by Gasteiger charge is -1.99. The van der Waals surface area contributed by atoms with E-state index in [1.807, 2.05) is 6.07 Å². The Morgan fingerprint density at radius 3 is 2.86 bits per heavy atom. The number of rotatable bonds is 2. The highest BCUT2D eigenvalue weighted by Crippen LogP contribution is 2.12. The van der Waals surface area contributed by atoms with Crippen LogP contribution in [0.4, 0.5) is 0 Å². The highest BCUT2D eigenvalue weighted by molar-refractivity contribution is 6.31. The van der Waals surface area contributed by atoms with Crippen molar-refractivity contribution < 1.29 is 4.79 Å². The Labute approximate surface area is 90.9 Å². The van der Waals surface area contributed by atoms with Gasteiger partial charge in [0.05, 0.1) is 5.36 Å².